The number of aliphatic hydroxyl groups excluding tert-OH is 4. The van der Waals surface area contributed by atoms with E-state index in [-0.39, 0.29) is 6.29 Å². The molecule has 0 heterocycles. The fourth-order valence-electron chi connectivity index (χ4n) is 0.568. The topological polar surface area (TPSA) is 141 Å². The van der Waals surface area contributed by atoms with E-state index in [1.165, 1.54) is 6.92 Å². The monoisotopic (exact) mass is 249 g/mol. The highest BCUT2D eigenvalue weighted by atomic mass is 16.4. The fourth-order valence-corrected chi connectivity index (χ4v) is 0.568. The van der Waals surface area contributed by atoms with Crippen LogP contribution in [0, 0.1) is 0 Å². The average Bonchev–Trinajstić information content (AvgIpc) is 2.26. The SMILES string of the molecule is C=C(C)C(N)=O.C[C@H](O)[C@@H](O)[C@@H](O)[C@H](O)C=O. The Hall–Kier alpha value is -1.28. The van der Waals surface area contributed by atoms with Gasteiger partial charge in [0.05, 0.1) is 6.10 Å². The number of carbonyl (C=O) groups is 2. The zero-order valence-electron chi connectivity index (χ0n) is 9.78. The van der Waals surface area contributed by atoms with E-state index in [1.54, 1.807) is 6.92 Å². The van der Waals surface area contributed by atoms with Gasteiger partial charge in [-0.3, -0.25) is 4.79 Å². The highest BCUT2D eigenvalue weighted by molar-refractivity contribution is 5.90. The van der Waals surface area contributed by atoms with Crippen LogP contribution in [-0.4, -0.2) is 57.0 Å². The van der Waals surface area contributed by atoms with Crippen molar-refractivity contribution >= 4 is 12.2 Å². The maximum Gasteiger partial charge on any atom is 0.243 e. The van der Waals surface area contributed by atoms with Crippen molar-refractivity contribution in [2.24, 2.45) is 5.73 Å². The molecule has 0 saturated carbocycles. The second-order valence-corrected chi connectivity index (χ2v) is 3.49. The number of aliphatic hydroxyl groups is 4. The van der Waals surface area contributed by atoms with E-state index in [0.717, 1.165) is 0 Å². The maximum absolute atomic E-state index is 9.87. The lowest BCUT2D eigenvalue weighted by atomic mass is 10.1. The summed E-state index contributed by atoms with van der Waals surface area (Å²) in [7, 11) is 0. The van der Waals surface area contributed by atoms with Crippen molar-refractivity contribution in [2.45, 2.75) is 38.3 Å². The number of hydrogen-bond donors (Lipinski definition) is 5. The molecule has 0 aliphatic rings. The van der Waals surface area contributed by atoms with Gasteiger partial charge in [-0.15, -0.1) is 0 Å². The Morgan fingerprint density at radius 1 is 1.24 bits per heavy atom. The summed E-state index contributed by atoms with van der Waals surface area (Å²) in [5.74, 6) is -0.435. The van der Waals surface area contributed by atoms with E-state index in [0.29, 0.717) is 5.57 Å². The minimum absolute atomic E-state index is 0.0935. The highest BCUT2D eigenvalue weighted by Gasteiger charge is 2.27. The summed E-state index contributed by atoms with van der Waals surface area (Å²) < 4.78 is 0. The predicted molar refractivity (Wildman–Crippen MR) is 59.8 cm³/mol. The summed E-state index contributed by atoms with van der Waals surface area (Å²) in [5.41, 5.74) is 5.09. The molecule has 0 aromatic rings. The van der Waals surface area contributed by atoms with Crippen molar-refractivity contribution in [1.29, 1.82) is 0 Å². The Labute approximate surface area is 99.2 Å². The largest absolute Gasteiger partial charge is 0.391 e. The Bertz CT molecular complexity index is 254. The van der Waals surface area contributed by atoms with E-state index < -0.39 is 30.3 Å². The molecular formula is C10H19NO6. The molecule has 0 aromatic heterocycles. The van der Waals surface area contributed by atoms with Crippen molar-refractivity contribution in [1.82, 2.24) is 0 Å². The number of primary amides is 1. The standard InChI is InChI=1S/C6H12O5.C4H7NO/c1-3(8)5(10)6(11)4(9)2-7;1-3(2)4(5)6/h2-6,8-11H,1H3;1H2,2H3,(H2,5,6)/t3-,4+,5+,6-;/m0./s1. The minimum atomic E-state index is -1.65. The Morgan fingerprint density at radius 2 is 1.59 bits per heavy atom. The second-order valence-electron chi connectivity index (χ2n) is 3.49. The molecule has 0 aliphatic carbocycles. The average molecular weight is 249 g/mol. The minimum Gasteiger partial charge on any atom is -0.391 e. The third-order valence-corrected chi connectivity index (χ3v) is 1.75. The third-order valence-electron chi connectivity index (χ3n) is 1.75. The molecule has 1 amide bonds. The van der Waals surface area contributed by atoms with Gasteiger partial charge in [0.2, 0.25) is 5.91 Å². The van der Waals surface area contributed by atoms with Gasteiger partial charge < -0.3 is 31.0 Å². The van der Waals surface area contributed by atoms with Crippen molar-refractivity contribution in [3.8, 4) is 0 Å². The van der Waals surface area contributed by atoms with Gasteiger partial charge in [0.15, 0.2) is 6.29 Å². The zero-order valence-corrected chi connectivity index (χ0v) is 9.78. The van der Waals surface area contributed by atoms with Gasteiger partial charge in [0.25, 0.3) is 0 Å². The van der Waals surface area contributed by atoms with E-state index in [9.17, 15) is 9.59 Å². The summed E-state index contributed by atoms with van der Waals surface area (Å²) in [6.07, 6.45) is -5.88. The highest BCUT2D eigenvalue weighted by Crippen LogP contribution is 2.02. The molecule has 0 spiro atoms. The molecule has 0 rings (SSSR count). The van der Waals surface area contributed by atoms with Gasteiger partial charge >= 0.3 is 0 Å². The molecular weight excluding hydrogens is 230 g/mol. The number of nitrogens with two attached hydrogens (primary N) is 1. The maximum atomic E-state index is 9.87. The molecule has 0 unspecified atom stereocenters. The van der Waals surface area contributed by atoms with Crippen LogP contribution in [0.3, 0.4) is 0 Å². The van der Waals surface area contributed by atoms with E-state index in [4.69, 9.17) is 26.2 Å². The molecule has 100 valence electrons. The van der Waals surface area contributed by atoms with Gasteiger partial charge in [-0.2, -0.15) is 0 Å². The predicted octanol–water partition coefficient (Wildman–Crippen LogP) is -2.30. The number of rotatable bonds is 5. The first-order valence-corrected chi connectivity index (χ1v) is 4.78. The van der Waals surface area contributed by atoms with E-state index in [1.807, 2.05) is 0 Å². The van der Waals surface area contributed by atoms with Crippen molar-refractivity contribution in [3.63, 3.8) is 0 Å². The Kier molecular flexibility index (Phi) is 9.39. The zero-order chi connectivity index (χ0) is 14.2. The molecule has 0 aliphatic heterocycles. The van der Waals surface area contributed by atoms with Gasteiger partial charge in [0, 0.05) is 5.57 Å². The summed E-state index contributed by atoms with van der Waals surface area (Å²) in [6, 6.07) is 0. The van der Waals surface area contributed by atoms with E-state index >= 15 is 0 Å². The first-order chi connectivity index (χ1) is 7.64. The number of aldehydes is 1. The van der Waals surface area contributed by atoms with Crippen LogP contribution in [0.5, 0.6) is 0 Å². The molecule has 0 aromatic carbocycles. The lowest BCUT2D eigenvalue weighted by molar-refractivity contribution is -0.132. The van der Waals surface area contributed by atoms with Gasteiger partial charge in [-0.25, -0.2) is 0 Å². The summed E-state index contributed by atoms with van der Waals surface area (Å²) in [6.45, 7) is 6.09. The third kappa shape index (κ3) is 8.52. The van der Waals surface area contributed by atoms with E-state index in [2.05, 4.69) is 6.58 Å². The van der Waals surface area contributed by atoms with Gasteiger partial charge in [0.1, 0.15) is 18.3 Å². The molecule has 7 nitrogen and oxygen atoms in total. The quantitative estimate of drug-likeness (QED) is 0.274. The summed E-state index contributed by atoms with van der Waals surface area (Å²) in [4.78, 5) is 19.7. The van der Waals surface area contributed by atoms with Crippen LogP contribution in [-0.2, 0) is 9.59 Å². The first-order valence-electron chi connectivity index (χ1n) is 4.78. The molecule has 0 saturated heterocycles. The molecule has 0 fully saturated rings. The van der Waals surface area contributed by atoms with Crippen molar-refractivity contribution in [3.05, 3.63) is 12.2 Å². The van der Waals surface area contributed by atoms with Crippen LogP contribution < -0.4 is 5.73 Å². The molecule has 0 radical (unpaired) electrons. The van der Waals surface area contributed by atoms with Gasteiger partial charge in [-0.1, -0.05) is 6.58 Å². The van der Waals surface area contributed by atoms with Crippen LogP contribution >= 0.6 is 0 Å². The smallest absolute Gasteiger partial charge is 0.243 e. The number of carbonyl (C=O) groups excluding carboxylic acids is 2. The Morgan fingerprint density at radius 3 is 1.76 bits per heavy atom. The second kappa shape index (κ2) is 8.82. The van der Waals surface area contributed by atoms with Gasteiger partial charge in [-0.05, 0) is 13.8 Å². The Balaban J connectivity index is 0. The fraction of sp³-hybridized carbons (Fsp3) is 0.600. The number of amides is 1. The molecule has 6 N–H and O–H groups in total. The molecule has 4 atom stereocenters. The number of hydrogen-bond acceptors (Lipinski definition) is 6. The van der Waals surface area contributed by atoms with Crippen molar-refractivity contribution < 1.29 is 30.0 Å². The van der Waals surface area contributed by atoms with Crippen LogP contribution in [0.25, 0.3) is 0 Å². The van der Waals surface area contributed by atoms with Crippen molar-refractivity contribution in [2.75, 3.05) is 0 Å². The first kappa shape index (κ1) is 18.1. The lowest BCUT2D eigenvalue weighted by Crippen LogP contribution is -2.43. The molecule has 7 heteroatoms. The van der Waals surface area contributed by atoms with Crippen LogP contribution in [0.4, 0.5) is 0 Å². The normalized spacial score (nSPS) is 16.8. The summed E-state index contributed by atoms with van der Waals surface area (Å²) in [5, 5.41) is 35.1. The molecule has 17 heavy (non-hydrogen) atoms. The molecule has 0 bridgehead atoms. The lowest BCUT2D eigenvalue weighted by Gasteiger charge is -2.21. The summed E-state index contributed by atoms with van der Waals surface area (Å²) >= 11 is 0. The van der Waals surface area contributed by atoms with Crippen LogP contribution in [0.2, 0.25) is 0 Å². The van der Waals surface area contributed by atoms with Crippen LogP contribution in [0.15, 0.2) is 12.2 Å². The van der Waals surface area contributed by atoms with Crippen LogP contribution in [0.1, 0.15) is 13.8 Å².